The number of aromatic nitrogens is 3. The van der Waals surface area contributed by atoms with Crippen molar-refractivity contribution in [1.82, 2.24) is 15.0 Å². The van der Waals surface area contributed by atoms with E-state index in [2.05, 4.69) is 20.3 Å². The molecular formula is C10H9FN4. The molecule has 0 bridgehead atoms. The minimum absolute atomic E-state index is 0.389. The minimum atomic E-state index is -0.389. The number of nitrogens with zero attached hydrogens (tertiary/aromatic N) is 3. The summed E-state index contributed by atoms with van der Waals surface area (Å²) in [5.41, 5.74) is 1.19. The molecular weight excluding hydrogens is 195 g/mol. The van der Waals surface area contributed by atoms with Gasteiger partial charge in [0.2, 0.25) is 0 Å². The minimum Gasteiger partial charge on any atom is -0.371 e. The van der Waals surface area contributed by atoms with Crippen molar-refractivity contribution >= 4 is 5.82 Å². The standard InChI is InChI=1S/C10H9FN4/c1-12-10-9(14-2-3-15-10)7-4-8(11)6-13-5-7/h2-6H,1H3,(H,12,15). The van der Waals surface area contributed by atoms with E-state index in [-0.39, 0.29) is 5.82 Å². The molecule has 0 aliphatic carbocycles. The van der Waals surface area contributed by atoms with E-state index in [9.17, 15) is 4.39 Å². The molecule has 0 radical (unpaired) electrons. The zero-order valence-electron chi connectivity index (χ0n) is 8.11. The molecule has 0 saturated carbocycles. The Hall–Kier alpha value is -2.04. The van der Waals surface area contributed by atoms with Gasteiger partial charge in [-0.05, 0) is 6.07 Å². The Labute approximate surface area is 86.2 Å². The van der Waals surface area contributed by atoms with Gasteiger partial charge in [0.15, 0.2) is 5.82 Å². The van der Waals surface area contributed by atoms with Gasteiger partial charge in [-0.25, -0.2) is 9.37 Å². The molecule has 0 unspecified atom stereocenters. The number of pyridine rings is 1. The SMILES string of the molecule is CNc1nccnc1-c1cncc(F)c1. The first-order valence-corrected chi connectivity index (χ1v) is 4.41. The number of halogens is 1. The lowest BCUT2D eigenvalue weighted by molar-refractivity contribution is 0.622. The van der Waals surface area contributed by atoms with Crippen LogP contribution in [0.4, 0.5) is 10.2 Å². The van der Waals surface area contributed by atoms with Gasteiger partial charge < -0.3 is 5.32 Å². The van der Waals surface area contributed by atoms with Gasteiger partial charge in [-0.15, -0.1) is 0 Å². The van der Waals surface area contributed by atoms with E-state index in [4.69, 9.17) is 0 Å². The van der Waals surface area contributed by atoms with E-state index in [1.54, 1.807) is 25.6 Å². The van der Waals surface area contributed by atoms with Crippen LogP contribution >= 0.6 is 0 Å². The van der Waals surface area contributed by atoms with Crippen molar-refractivity contribution in [3.05, 3.63) is 36.7 Å². The highest BCUT2D eigenvalue weighted by molar-refractivity contribution is 5.70. The van der Waals surface area contributed by atoms with E-state index in [1.807, 2.05) is 0 Å². The zero-order chi connectivity index (χ0) is 10.7. The van der Waals surface area contributed by atoms with Crippen LogP contribution in [0.15, 0.2) is 30.9 Å². The third-order valence-electron chi connectivity index (χ3n) is 1.91. The summed E-state index contributed by atoms with van der Waals surface area (Å²) in [6.07, 6.45) is 5.83. The Balaban J connectivity index is 2.53. The molecule has 0 aliphatic heterocycles. The molecule has 0 aromatic carbocycles. The fraction of sp³-hybridized carbons (Fsp3) is 0.100. The molecule has 1 N–H and O–H groups in total. The molecule has 0 aliphatic rings. The quantitative estimate of drug-likeness (QED) is 0.809. The van der Waals surface area contributed by atoms with Crippen molar-refractivity contribution in [2.45, 2.75) is 0 Å². The molecule has 0 amide bonds. The molecule has 0 fully saturated rings. The fourth-order valence-corrected chi connectivity index (χ4v) is 1.27. The van der Waals surface area contributed by atoms with Gasteiger partial charge in [0, 0.05) is 31.2 Å². The molecule has 2 aromatic heterocycles. The summed E-state index contributed by atoms with van der Waals surface area (Å²) in [5, 5.41) is 2.89. The molecule has 15 heavy (non-hydrogen) atoms. The van der Waals surface area contributed by atoms with E-state index < -0.39 is 0 Å². The van der Waals surface area contributed by atoms with Crippen molar-refractivity contribution in [1.29, 1.82) is 0 Å². The fourth-order valence-electron chi connectivity index (χ4n) is 1.27. The van der Waals surface area contributed by atoms with Crippen LogP contribution < -0.4 is 5.32 Å². The lowest BCUT2D eigenvalue weighted by atomic mass is 10.2. The summed E-state index contributed by atoms with van der Waals surface area (Å²) < 4.78 is 13.0. The molecule has 2 aromatic rings. The average Bonchev–Trinajstić information content (AvgIpc) is 2.29. The first-order chi connectivity index (χ1) is 7.31. The maximum Gasteiger partial charge on any atom is 0.152 e. The normalized spacial score (nSPS) is 10.0. The van der Waals surface area contributed by atoms with Crippen molar-refractivity contribution in [3.63, 3.8) is 0 Å². The van der Waals surface area contributed by atoms with Gasteiger partial charge >= 0.3 is 0 Å². The van der Waals surface area contributed by atoms with Crippen LogP contribution in [0.5, 0.6) is 0 Å². The number of nitrogens with one attached hydrogen (secondary N) is 1. The largest absolute Gasteiger partial charge is 0.371 e. The molecule has 0 saturated heterocycles. The third kappa shape index (κ3) is 1.90. The van der Waals surface area contributed by atoms with Crippen molar-refractivity contribution in [2.75, 3.05) is 12.4 Å². The second-order valence-electron chi connectivity index (χ2n) is 2.90. The van der Waals surface area contributed by atoms with Crippen molar-refractivity contribution in [3.8, 4) is 11.3 Å². The van der Waals surface area contributed by atoms with Gasteiger partial charge in [-0.2, -0.15) is 0 Å². The highest BCUT2D eigenvalue weighted by atomic mass is 19.1. The lowest BCUT2D eigenvalue weighted by Gasteiger charge is -2.05. The highest BCUT2D eigenvalue weighted by Crippen LogP contribution is 2.22. The molecule has 2 rings (SSSR count). The zero-order valence-corrected chi connectivity index (χ0v) is 8.11. The van der Waals surface area contributed by atoms with E-state index in [0.29, 0.717) is 17.1 Å². The van der Waals surface area contributed by atoms with Crippen LogP contribution in [0.3, 0.4) is 0 Å². The van der Waals surface area contributed by atoms with Crippen molar-refractivity contribution < 1.29 is 4.39 Å². The second-order valence-corrected chi connectivity index (χ2v) is 2.90. The summed E-state index contributed by atoms with van der Waals surface area (Å²) in [6.45, 7) is 0. The lowest BCUT2D eigenvalue weighted by Crippen LogP contribution is -1.97. The van der Waals surface area contributed by atoms with Crippen LogP contribution in [-0.4, -0.2) is 22.0 Å². The number of anilines is 1. The van der Waals surface area contributed by atoms with Gasteiger partial charge in [-0.3, -0.25) is 9.97 Å². The van der Waals surface area contributed by atoms with Gasteiger partial charge in [-0.1, -0.05) is 0 Å². The molecule has 0 spiro atoms. The van der Waals surface area contributed by atoms with Crippen LogP contribution in [0.2, 0.25) is 0 Å². The average molecular weight is 204 g/mol. The predicted molar refractivity (Wildman–Crippen MR) is 54.8 cm³/mol. The van der Waals surface area contributed by atoms with E-state index >= 15 is 0 Å². The van der Waals surface area contributed by atoms with Crippen molar-refractivity contribution in [2.24, 2.45) is 0 Å². The number of hydrogen-bond donors (Lipinski definition) is 1. The Morgan fingerprint density at radius 1 is 1.20 bits per heavy atom. The smallest absolute Gasteiger partial charge is 0.152 e. The Morgan fingerprint density at radius 3 is 2.73 bits per heavy atom. The van der Waals surface area contributed by atoms with Crippen LogP contribution in [0.1, 0.15) is 0 Å². The maximum absolute atomic E-state index is 13.0. The van der Waals surface area contributed by atoms with Gasteiger partial charge in [0.05, 0.1) is 6.20 Å². The summed E-state index contributed by atoms with van der Waals surface area (Å²) in [4.78, 5) is 12.0. The molecule has 76 valence electrons. The first-order valence-electron chi connectivity index (χ1n) is 4.41. The Morgan fingerprint density at radius 2 is 2.00 bits per heavy atom. The summed E-state index contributed by atoms with van der Waals surface area (Å²) in [6, 6.07) is 1.37. The summed E-state index contributed by atoms with van der Waals surface area (Å²) >= 11 is 0. The predicted octanol–water partition coefficient (Wildman–Crippen LogP) is 1.72. The van der Waals surface area contributed by atoms with Gasteiger partial charge in [0.25, 0.3) is 0 Å². The van der Waals surface area contributed by atoms with Gasteiger partial charge in [0.1, 0.15) is 11.5 Å². The number of rotatable bonds is 2. The van der Waals surface area contributed by atoms with Crippen LogP contribution in [0, 0.1) is 5.82 Å². The Kier molecular flexibility index (Phi) is 2.53. The summed E-state index contributed by atoms with van der Waals surface area (Å²) in [7, 11) is 1.74. The molecule has 5 heteroatoms. The monoisotopic (exact) mass is 204 g/mol. The molecule has 0 atom stereocenters. The first kappa shape index (κ1) is 9.51. The highest BCUT2D eigenvalue weighted by Gasteiger charge is 2.07. The third-order valence-corrected chi connectivity index (χ3v) is 1.91. The van der Waals surface area contributed by atoms with Crippen LogP contribution in [0.25, 0.3) is 11.3 Å². The molecule has 2 heterocycles. The van der Waals surface area contributed by atoms with E-state index in [0.717, 1.165) is 6.20 Å². The van der Waals surface area contributed by atoms with E-state index in [1.165, 1.54) is 6.07 Å². The molecule has 4 nitrogen and oxygen atoms in total. The number of hydrogen-bond acceptors (Lipinski definition) is 4. The maximum atomic E-state index is 13.0. The Bertz CT molecular complexity index is 472. The summed E-state index contributed by atoms with van der Waals surface area (Å²) in [5.74, 6) is 0.213. The second kappa shape index (κ2) is 4.00. The van der Waals surface area contributed by atoms with Crippen LogP contribution in [-0.2, 0) is 0 Å². The topological polar surface area (TPSA) is 50.7 Å².